The van der Waals surface area contributed by atoms with E-state index in [0.717, 1.165) is 4.47 Å². The molecular weight excluding hydrogens is 367 g/mol. The van der Waals surface area contributed by atoms with Crippen LogP contribution >= 0.6 is 39.1 Å². The number of benzene rings is 1. The predicted octanol–water partition coefficient (Wildman–Crippen LogP) is 3.73. The number of carbonyl (C=O) groups is 1. The topological polar surface area (TPSA) is 72.9 Å². The quantitative estimate of drug-likeness (QED) is 0.800. The molecule has 1 heterocycles. The van der Waals surface area contributed by atoms with Crippen molar-refractivity contribution in [1.29, 1.82) is 0 Å². The van der Waals surface area contributed by atoms with Crippen molar-refractivity contribution in [3.8, 4) is 0 Å². The van der Waals surface area contributed by atoms with Crippen molar-refractivity contribution in [1.82, 2.24) is 9.78 Å². The fraction of sp³-hybridized carbons (Fsp3) is 0.167. The van der Waals surface area contributed by atoms with Crippen LogP contribution in [-0.4, -0.2) is 15.7 Å². The van der Waals surface area contributed by atoms with Crippen LogP contribution in [-0.2, 0) is 4.79 Å². The normalized spacial score (nSPS) is 12.2. The minimum absolute atomic E-state index is 0.283. The highest BCUT2D eigenvalue weighted by Gasteiger charge is 2.18. The van der Waals surface area contributed by atoms with Crippen molar-refractivity contribution in [2.24, 2.45) is 0 Å². The molecule has 0 saturated heterocycles. The summed E-state index contributed by atoms with van der Waals surface area (Å²) in [7, 11) is 0. The molecule has 1 aromatic heterocycles. The van der Waals surface area contributed by atoms with Crippen LogP contribution in [0.3, 0.4) is 0 Å². The fourth-order valence-electron chi connectivity index (χ4n) is 1.59. The summed E-state index contributed by atoms with van der Waals surface area (Å²) in [6.07, 6.45) is 3.31. The molecular formula is C12H11BrCl2N4O. The Kier molecular flexibility index (Phi) is 4.57. The summed E-state index contributed by atoms with van der Waals surface area (Å²) in [6, 6.07) is 2.54. The first-order valence-corrected chi connectivity index (χ1v) is 7.18. The highest BCUT2D eigenvalue weighted by Crippen LogP contribution is 2.33. The van der Waals surface area contributed by atoms with Gasteiger partial charge in [0, 0.05) is 11.9 Å². The van der Waals surface area contributed by atoms with E-state index in [9.17, 15) is 4.79 Å². The van der Waals surface area contributed by atoms with Gasteiger partial charge in [-0.1, -0.05) is 23.2 Å². The van der Waals surface area contributed by atoms with E-state index in [1.165, 1.54) is 16.8 Å². The molecule has 0 spiro atoms. The van der Waals surface area contributed by atoms with Crippen molar-refractivity contribution in [3.05, 3.63) is 39.0 Å². The third-order valence-corrected chi connectivity index (χ3v) is 3.66. The van der Waals surface area contributed by atoms with Gasteiger partial charge in [0.1, 0.15) is 6.04 Å². The molecule has 1 unspecified atom stereocenters. The zero-order chi connectivity index (χ0) is 14.9. The maximum atomic E-state index is 12.2. The van der Waals surface area contributed by atoms with Crippen LogP contribution in [0.4, 0.5) is 11.4 Å². The maximum Gasteiger partial charge on any atom is 0.249 e. The van der Waals surface area contributed by atoms with Crippen LogP contribution in [0.1, 0.15) is 13.0 Å². The number of anilines is 2. The molecule has 3 N–H and O–H groups in total. The van der Waals surface area contributed by atoms with E-state index < -0.39 is 6.04 Å². The lowest BCUT2D eigenvalue weighted by molar-refractivity contribution is -0.119. The molecule has 1 atom stereocenters. The van der Waals surface area contributed by atoms with E-state index in [2.05, 4.69) is 26.3 Å². The average molecular weight is 378 g/mol. The number of amides is 1. The number of nitrogens with one attached hydrogen (secondary N) is 1. The van der Waals surface area contributed by atoms with Gasteiger partial charge in [-0.3, -0.25) is 9.48 Å². The first kappa shape index (κ1) is 15.2. The standard InChI is InChI=1S/C12H11BrCl2N4O/c1-6(19-5-7(13)4-17-19)12(20)18-11-9(14)2-8(16)3-10(11)15/h2-6H,16H2,1H3,(H,18,20). The van der Waals surface area contributed by atoms with E-state index in [1.807, 2.05) is 0 Å². The van der Waals surface area contributed by atoms with Gasteiger partial charge < -0.3 is 11.1 Å². The van der Waals surface area contributed by atoms with Crippen LogP contribution in [0.25, 0.3) is 0 Å². The van der Waals surface area contributed by atoms with Gasteiger partial charge in [0.05, 0.1) is 26.4 Å². The van der Waals surface area contributed by atoms with Gasteiger partial charge in [-0.15, -0.1) is 0 Å². The Morgan fingerprint density at radius 3 is 2.55 bits per heavy atom. The van der Waals surface area contributed by atoms with Crippen LogP contribution in [0.15, 0.2) is 29.0 Å². The Morgan fingerprint density at radius 2 is 2.05 bits per heavy atom. The largest absolute Gasteiger partial charge is 0.399 e. The van der Waals surface area contributed by atoms with Crippen LogP contribution < -0.4 is 11.1 Å². The van der Waals surface area contributed by atoms with Gasteiger partial charge in [-0.25, -0.2) is 0 Å². The second kappa shape index (κ2) is 6.03. The lowest BCUT2D eigenvalue weighted by Gasteiger charge is -2.15. The molecule has 2 aromatic rings. The summed E-state index contributed by atoms with van der Waals surface area (Å²) in [5.41, 5.74) is 6.38. The maximum absolute atomic E-state index is 12.2. The summed E-state index contributed by atoms with van der Waals surface area (Å²) in [5.74, 6) is -0.283. The number of hydrogen-bond acceptors (Lipinski definition) is 3. The molecule has 5 nitrogen and oxygen atoms in total. The van der Waals surface area contributed by atoms with Crippen molar-refractivity contribution in [3.63, 3.8) is 0 Å². The predicted molar refractivity (Wildman–Crippen MR) is 84.1 cm³/mol. The average Bonchev–Trinajstić information content (AvgIpc) is 2.79. The first-order valence-electron chi connectivity index (χ1n) is 5.63. The highest BCUT2D eigenvalue weighted by molar-refractivity contribution is 9.10. The lowest BCUT2D eigenvalue weighted by atomic mass is 10.2. The number of aromatic nitrogens is 2. The van der Waals surface area contributed by atoms with Gasteiger partial charge in [0.25, 0.3) is 0 Å². The smallest absolute Gasteiger partial charge is 0.249 e. The summed E-state index contributed by atoms with van der Waals surface area (Å²) in [4.78, 5) is 12.2. The Morgan fingerprint density at radius 1 is 1.45 bits per heavy atom. The Balaban J connectivity index is 2.20. The number of hydrogen-bond donors (Lipinski definition) is 2. The molecule has 2 rings (SSSR count). The highest BCUT2D eigenvalue weighted by atomic mass is 79.9. The summed E-state index contributed by atoms with van der Waals surface area (Å²) >= 11 is 15.3. The zero-order valence-electron chi connectivity index (χ0n) is 10.4. The molecule has 0 aliphatic carbocycles. The molecule has 0 saturated carbocycles. The van der Waals surface area contributed by atoms with E-state index in [4.69, 9.17) is 28.9 Å². The van der Waals surface area contributed by atoms with Crippen molar-refractivity contribution < 1.29 is 4.79 Å². The van der Waals surface area contributed by atoms with E-state index >= 15 is 0 Å². The van der Waals surface area contributed by atoms with Gasteiger partial charge in [0.15, 0.2) is 0 Å². The Bertz CT molecular complexity index is 636. The van der Waals surface area contributed by atoms with Crippen molar-refractivity contribution in [2.75, 3.05) is 11.1 Å². The second-order valence-corrected chi connectivity index (χ2v) is 5.89. The SMILES string of the molecule is CC(C(=O)Nc1c(Cl)cc(N)cc1Cl)n1cc(Br)cn1. The number of nitrogens with zero attached hydrogens (tertiary/aromatic N) is 2. The Labute approximate surface area is 134 Å². The number of rotatable bonds is 3. The number of halogens is 3. The molecule has 1 aromatic carbocycles. The third kappa shape index (κ3) is 3.26. The summed E-state index contributed by atoms with van der Waals surface area (Å²) < 4.78 is 2.32. The first-order chi connectivity index (χ1) is 9.38. The fourth-order valence-corrected chi connectivity index (χ4v) is 2.49. The van der Waals surface area contributed by atoms with Crippen LogP contribution in [0.5, 0.6) is 0 Å². The molecule has 0 aliphatic heterocycles. The van der Waals surface area contributed by atoms with Crippen LogP contribution in [0.2, 0.25) is 10.0 Å². The lowest BCUT2D eigenvalue weighted by Crippen LogP contribution is -2.24. The molecule has 20 heavy (non-hydrogen) atoms. The van der Waals surface area contributed by atoms with E-state index in [-0.39, 0.29) is 16.0 Å². The second-order valence-electron chi connectivity index (χ2n) is 4.16. The molecule has 1 amide bonds. The molecule has 8 heteroatoms. The Hall–Kier alpha value is -1.24. The summed E-state index contributed by atoms with van der Waals surface area (Å²) in [5, 5.41) is 7.32. The summed E-state index contributed by atoms with van der Waals surface area (Å²) in [6.45, 7) is 1.72. The van der Waals surface area contributed by atoms with Gasteiger partial charge in [-0.05, 0) is 35.0 Å². The third-order valence-electron chi connectivity index (χ3n) is 2.66. The molecule has 0 radical (unpaired) electrons. The zero-order valence-corrected chi connectivity index (χ0v) is 13.5. The van der Waals surface area contributed by atoms with E-state index in [0.29, 0.717) is 11.4 Å². The number of nitrogens with two attached hydrogens (primary N) is 1. The monoisotopic (exact) mass is 376 g/mol. The van der Waals surface area contributed by atoms with Gasteiger partial charge >= 0.3 is 0 Å². The van der Waals surface area contributed by atoms with Crippen molar-refractivity contribution in [2.45, 2.75) is 13.0 Å². The molecule has 106 valence electrons. The van der Waals surface area contributed by atoms with Gasteiger partial charge in [-0.2, -0.15) is 5.10 Å². The molecule has 0 aliphatic rings. The molecule has 0 fully saturated rings. The molecule has 0 bridgehead atoms. The van der Waals surface area contributed by atoms with Crippen LogP contribution in [0, 0.1) is 0 Å². The number of nitrogen functional groups attached to an aromatic ring is 1. The minimum Gasteiger partial charge on any atom is -0.399 e. The van der Waals surface area contributed by atoms with Gasteiger partial charge in [0.2, 0.25) is 5.91 Å². The van der Waals surface area contributed by atoms with Crippen molar-refractivity contribution >= 4 is 56.4 Å². The number of carbonyl (C=O) groups excluding carboxylic acids is 1. The van der Waals surface area contributed by atoms with E-state index in [1.54, 1.807) is 19.3 Å². The minimum atomic E-state index is -0.508.